The summed E-state index contributed by atoms with van der Waals surface area (Å²) in [5, 5.41) is 21.1. The van der Waals surface area contributed by atoms with Crippen molar-refractivity contribution >= 4 is 47.8 Å². The molecular formula is C23H29ClN8O. The van der Waals surface area contributed by atoms with Gasteiger partial charge < -0.3 is 21.5 Å². The molecule has 0 aliphatic heterocycles. The summed E-state index contributed by atoms with van der Waals surface area (Å²) >= 11 is 6.45. The zero-order chi connectivity index (χ0) is 24.4. The number of nitrogens with zero attached hydrogens (tertiary/aromatic N) is 4. The van der Waals surface area contributed by atoms with Crippen molar-refractivity contribution in [2.24, 2.45) is 15.9 Å². The van der Waals surface area contributed by atoms with Gasteiger partial charge in [0.2, 0.25) is 11.9 Å². The van der Waals surface area contributed by atoms with Gasteiger partial charge in [0.25, 0.3) is 0 Å². The second-order valence-corrected chi connectivity index (χ2v) is 8.59. The van der Waals surface area contributed by atoms with Gasteiger partial charge in [-0.25, -0.2) is 15.0 Å². The predicted molar refractivity (Wildman–Crippen MR) is 135 cm³/mol. The lowest BCUT2D eigenvalue weighted by molar-refractivity contribution is -0.121. The Morgan fingerprint density at radius 3 is 2.64 bits per heavy atom. The van der Waals surface area contributed by atoms with E-state index in [1.54, 1.807) is 25.4 Å². The van der Waals surface area contributed by atoms with Gasteiger partial charge in [-0.3, -0.25) is 9.79 Å². The van der Waals surface area contributed by atoms with E-state index in [-0.39, 0.29) is 23.9 Å². The molecule has 0 spiro atoms. The van der Waals surface area contributed by atoms with Crippen LogP contribution in [-0.4, -0.2) is 59.4 Å². The Kier molecular flexibility index (Phi) is 9.50. The first-order valence-electron chi connectivity index (χ1n) is 10.3. The van der Waals surface area contributed by atoms with Crippen molar-refractivity contribution in [3.63, 3.8) is 0 Å². The van der Waals surface area contributed by atoms with E-state index in [0.29, 0.717) is 23.0 Å². The van der Waals surface area contributed by atoms with Crippen LogP contribution in [-0.2, 0) is 11.3 Å². The van der Waals surface area contributed by atoms with E-state index >= 15 is 0 Å². The first kappa shape index (κ1) is 26.0. The van der Waals surface area contributed by atoms with Crippen molar-refractivity contribution in [1.29, 1.82) is 10.8 Å². The molecule has 2 rings (SSSR count). The van der Waals surface area contributed by atoms with Gasteiger partial charge in [0, 0.05) is 48.5 Å². The molecular weight excluding hydrogens is 440 g/mol. The molecule has 1 amide bonds. The Hall–Kier alpha value is -3.30. The van der Waals surface area contributed by atoms with Crippen molar-refractivity contribution in [2.45, 2.75) is 32.9 Å². The lowest BCUT2D eigenvalue weighted by Crippen LogP contribution is -2.32. The fraction of sp³-hybridized carbons (Fsp3) is 0.348. The zero-order valence-corrected chi connectivity index (χ0v) is 19.9. The topological polar surface area (TPSA) is 139 Å². The number of aliphatic imine (C=N–C) groups is 2. The maximum Gasteiger partial charge on any atom is 0.250 e. The minimum atomic E-state index is -0.740. The lowest BCUT2D eigenvalue weighted by atomic mass is 10.1. The molecule has 174 valence electrons. The molecule has 0 bridgehead atoms. The molecule has 4 N–H and O–H groups in total. The smallest absolute Gasteiger partial charge is 0.250 e. The summed E-state index contributed by atoms with van der Waals surface area (Å²) in [6.07, 6.45) is 5.30. The normalized spacial score (nSPS) is 13.1. The van der Waals surface area contributed by atoms with Crippen LogP contribution < -0.4 is 10.6 Å². The average Bonchev–Trinajstić information content (AvgIpc) is 2.77. The van der Waals surface area contributed by atoms with Crippen LogP contribution >= 0.6 is 11.6 Å². The molecule has 1 aromatic heterocycles. The van der Waals surface area contributed by atoms with Crippen molar-refractivity contribution in [1.82, 2.24) is 20.6 Å². The molecule has 1 atom stereocenters. The fourth-order valence-electron chi connectivity index (χ4n) is 2.64. The molecule has 1 unspecified atom stereocenters. The number of halogens is 1. The third kappa shape index (κ3) is 8.28. The van der Waals surface area contributed by atoms with Crippen LogP contribution in [0.1, 0.15) is 26.3 Å². The van der Waals surface area contributed by atoms with E-state index in [4.69, 9.17) is 22.4 Å². The number of aromatic nitrogens is 2. The summed E-state index contributed by atoms with van der Waals surface area (Å²) in [4.78, 5) is 29.6. The molecule has 0 aliphatic rings. The quantitative estimate of drug-likeness (QED) is 0.396. The Morgan fingerprint density at radius 1 is 1.27 bits per heavy atom. The highest BCUT2D eigenvalue weighted by Crippen LogP contribution is 2.25. The van der Waals surface area contributed by atoms with Crippen LogP contribution in [0.3, 0.4) is 0 Å². The molecule has 2 aromatic rings. The number of amides is 1. The van der Waals surface area contributed by atoms with Gasteiger partial charge in [-0.05, 0) is 45.5 Å². The number of carbonyl (C=O) groups excluding carboxylic acids is 1. The van der Waals surface area contributed by atoms with E-state index in [1.165, 1.54) is 6.21 Å². The number of rotatable bonds is 10. The van der Waals surface area contributed by atoms with Crippen LogP contribution in [0.4, 0.5) is 5.95 Å². The van der Waals surface area contributed by atoms with Crippen molar-refractivity contribution in [3.05, 3.63) is 41.0 Å². The van der Waals surface area contributed by atoms with Gasteiger partial charge in [0.05, 0.1) is 16.9 Å². The lowest BCUT2D eigenvalue weighted by Gasteiger charge is -2.14. The molecule has 9 nitrogen and oxygen atoms in total. The van der Waals surface area contributed by atoms with Gasteiger partial charge in [-0.15, -0.1) is 0 Å². The van der Waals surface area contributed by atoms with Gasteiger partial charge in [-0.2, -0.15) is 0 Å². The van der Waals surface area contributed by atoms with Gasteiger partial charge >= 0.3 is 0 Å². The van der Waals surface area contributed by atoms with E-state index in [2.05, 4.69) is 30.6 Å². The maximum atomic E-state index is 12.4. The summed E-state index contributed by atoms with van der Waals surface area (Å²) in [6.45, 7) is 6.42. The first-order chi connectivity index (χ1) is 15.7. The van der Waals surface area contributed by atoms with Crippen molar-refractivity contribution in [2.75, 3.05) is 13.6 Å². The number of hydrogen-bond donors (Lipinski definition) is 4. The summed E-state index contributed by atoms with van der Waals surface area (Å²) in [5.41, 5.74) is 2.33. The van der Waals surface area contributed by atoms with E-state index in [1.807, 2.05) is 32.9 Å². The highest BCUT2D eigenvalue weighted by Gasteiger charge is 2.16. The average molecular weight is 469 g/mol. The number of hydrogen-bond acceptors (Lipinski definition) is 8. The van der Waals surface area contributed by atoms with Crippen LogP contribution in [0.2, 0.25) is 5.02 Å². The van der Waals surface area contributed by atoms with Crippen LogP contribution in [0.15, 0.2) is 40.4 Å². The molecule has 10 heteroatoms. The van der Waals surface area contributed by atoms with Gasteiger partial charge in [0.1, 0.15) is 5.92 Å². The predicted octanol–water partition coefficient (Wildman–Crippen LogP) is 3.49. The summed E-state index contributed by atoms with van der Waals surface area (Å²) in [5.74, 6) is -0.806. The number of carbonyl (C=O) groups is 1. The third-order valence-electron chi connectivity index (χ3n) is 4.32. The van der Waals surface area contributed by atoms with E-state index in [9.17, 15) is 4.79 Å². The number of nitrogens with one attached hydrogen (secondary N) is 4. The molecule has 33 heavy (non-hydrogen) atoms. The minimum absolute atomic E-state index is 0.220. The summed E-state index contributed by atoms with van der Waals surface area (Å²) in [6, 6.07) is 7.18. The highest BCUT2D eigenvalue weighted by molar-refractivity contribution is 6.31. The highest BCUT2D eigenvalue weighted by atomic mass is 35.5. The van der Waals surface area contributed by atoms with Crippen LogP contribution in [0.5, 0.6) is 0 Å². The second-order valence-electron chi connectivity index (χ2n) is 8.19. The largest absolute Gasteiger partial charge is 0.351 e. The van der Waals surface area contributed by atoms with Crippen molar-refractivity contribution < 1.29 is 4.79 Å². The van der Waals surface area contributed by atoms with Crippen LogP contribution in [0, 0.1) is 16.7 Å². The minimum Gasteiger partial charge on any atom is -0.351 e. The van der Waals surface area contributed by atoms with E-state index < -0.39 is 5.92 Å². The molecule has 0 saturated heterocycles. The Bertz CT molecular complexity index is 1060. The fourth-order valence-corrected chi connectivity index (χ4v) is 2.88. The summed E-state index contributed by atoms with van der Waals surface area (Å²) < 4.78 is 0. The molecule has 0 fully saturated rings. The third-order valence-corrected chi connectivity index (χ3v) is 4.67. The molecule has 1 aromatic carbocycles. The van der Waals surface area contributed by atoms with Crippen LogP contribution in [0.25, 0.3) is 11.3 Å². The Morgan fingerprint density at radius 2 is 2.03 bits per heavy atom. The Balaban J connectivity index is 2.13. The molecule has 0 aliphatic carbocycles. The second kappa shape index (κ2) is 12.1. The SMILES string of the molecule is CNCC(C=N)=Nc1nccc(-c2ccc(CNC(=O)C(C=N)C=NC(C)(C)C)c(Cl)c2)n1. The van der Waals surface area contributed by atoms with Crippen molar-refractivity contribution in [3.8, 4) is 11.3 Å². The van der Waals surface area contributed by atoms with Gasteiger partial charge in [-0.1, -0.05) is 23.7 Å². The monoisotopic (exact) mass is 468 g/mol. The number of benzene rings is 1. The zero-order valence-electron chi connectivity index (χ0n) is 19.2. The Labute approximate surface area is 198 Å². The summed E-state index contributed by atoms with van der Waals surface area (Å²) in [7, 11) is 1.77. The maximum absolute atomic E-state index is 12.4. The molecule has 0 radical (unpaired) electrons. The molecule has 0 saturated carbocycles. The van der Waals surface area contributed by atoms with Gasteiger partial charge in [0.15, 0.2) is 0 Å². The van der Waals surface area contributed by atoms with E-state index in [0.717, 1.165) is 23.6 Å². The first-order valence-corrected chi connectivity index (χ1v) is 10.7. The molecule has 1 heterocycles. The standard InChI is InChI=1S/C23H29ClN8O/c1-23(2,3)30-13-17(10-25)21(33)29-12-16-6-5-15(9-19(16)24)20-7-8-28-22(32-20)31-18(11-26)14-27-4/h5-11,13,17,25-27H,12,14H2,1-4H3,(H,29,33).